The monoisotopic (exact) mass is 218 g/mol. The molecule has 5 nitrogen and oxygen atoms in total. The highest BCUT2D eigenvalue weighted by Crippen LogP contribution is 2.05. The Morgan fingerprint density at radius 2 is 2.12 bits per heavy atom. The smallest absolute Gasteiger partial charge is 0.356 e. The van der Waals surface area contributed by atoms with E-state index in [4.69, 9.17) is 10.5 Å². The number of rotatable bonds is 3. The summed E-state index contributed by atoms with van der Waals surface area (Å²) in [6.07, 6.45) is 0.162. The second kappa shape index (κ2) is 5.51. The molecule has 1 rings (SSSR count). The number of nitrogens with zero attached hydrogens (tertiary/aromatic N) is 2. The molecule has 1 aromatic rings. The van der Waals surface area contributed by atoms with Crippen molar-refractivity contribution >= 4 is 11.7 Å². The van der Waals surface area contributed by atoms with Crippen LogP contribution in [0.4, 0.5) is 0 Å². The van der Waals surface area contributed by atoms with Crippen LogP contribution in [0.25, 0.3) is 0 Å². The second-order valence-electron chi connectivity index (χ2n) is 3.02. The van der Waals surface area contributed by atoms with E-state index >= 15 is 0 Å². The van der Waals surface area contributed by atoms with E-state index in [0.717, 1.165) is 5.56 Å². The molecule has 1 aromatic carbocycles. The van der Waals surface area contributed by atoms with E-state index in [1.807, 2.05) is 6.07 Å². The molecule has 0 fully saturated rings. The highest BCUT2D eigenvalue weighted by molar-refractivity contribution is 6.36. The van der Waals surface area contributed by atoms with Crippen LogP contribution in [0.1, 0.15) is 11.1 Å². The number of hydrogen-bond donors (Lipinski definition) is 1. The first-order valence-corrected chi connectivity index (χ1v) is 4.49. The number of ether oxygens (including phenoxy) is 1. The minimum Gasteiger partial charge on any atom is -0.464 e. The number of hydrogen-bond acceptors (Lipinski definition) is 5. The predicted octanol–water partition coefficient (Wildman–Crippen LogP) is 1.10. The lowest BCUT2D eigenvalue weighted by Gasteiger charge is -2.02. The van der Waals surface area contributed by atoms with Crippen LogP contribution in [-0.4, -0.2) is 24.0 Å². The summed E-state index contributed by atoms with van der Waals surface area (Å²) in [5.74, 6) is -0.674. The van der Waals surface area contributed by atoms with E-state index in [9.17, 15) is 4.79 Å². The van der Waals surface area contributed by atoms with Gasteiger partial charge in [-0.3, -0.25) is 0 Å². The largest absolute Gasteiger partial charge is 0.464 e. The van der Waals surface area contributed by atoms with E-state index in [0.29, 0.717) is 5.56 Å². The van der Waals surface area contributed by atoms with Crippen LogP contribution in [-0.2, 0) is 16.0 Å². The molecular weight excluding hydrogens is 208 g/mol. The van der Waals surface area contributed by atoms with Crippen LogP contribution in [0, 0.1) is 11.3 Å². The average molecular weight is 218 g/mol. The molecule has 0 aliphatic rings. The molecule has 0 bridgehead atoms. The van der Waals surface area contributed by atoms with E-state index in [2.05, 4.69) is 9.89 Å². The Hall–Kier alpha value is -2.35. The first-order chi connectivity index (χ1) is 7.71. The van der Waals surface area contributed by atoms with E-state index < -0.39 is 5.97 Å². The van der Waals surface area contributed by atoms with Crippen LogP contribution in [0.15, 0.2) is 29.4 Å². The molecule has 0 radical (unpaired) electrons. The van der Waals surface area contributed by atoms with Crippen molar-refractivity contribution in [3.8, 4) is 6.07 Å². The lowest BCUT2D eigenvalue weighted by Crippen LogP contribution is -2.18. The minimum atomic E-state index is -0.674. The summed E-state index contributed by atoms with van der Waals surface area (Å²) in [7, 11) is 1.21. The van der Waals surface area contributed by atoms with Gasteiger partial charge in [0.15, 0.2) is 5.71 Å². The number of methoxy groups -OCH3 is 1. The van der Waals surface area contributed by atoms with E-state index in [1.54, 1.807) is 24.3 Å². The summed E-state index contributed by atoms with van der Waals surface area (Å²) in [6, 6.07) is 8.61. The lowest BCUT2D eigenvalue weighted by atomic mass is 10.1. The maximum absolute atomic E-state index is 11.1. The van der Waals surface area contributed by atoms with Gasteiger partial charge in [0.05, 0.1) is 18.7 Å². The Bertz CT molecular complexity index is 443. The van der Waals surface area contributed by atoms with Crippen LogP contribution >= 0.6 is 0 Å². The third-order valence-electron chi connectivity index (χ3n) is 2.00. The summed E-state index contributed by atoms with van der Waals surface area (Å²) in [6.45, 7) is 0. The van der Waals surface area contributed by atoms with Crippen molar-refractivity contribution in [3.63, 3.8) is 0 Å². The van der Waals surface area contributed by atoms with Gasteiger partial charge in [-0.2, -0.15) is 5.26 Å². The van der Waals surface area contributed by atoms with Crippen molar-refractivity contribution in [2.75, 3.05) is 7.11 Å². The fourth-order valence-corrected chi connectivity index (χ4v) is 1.16. The second-order valence-corrected chi connectivity index (χ2v) is 3.02. The van der Waals surface area contributed by atoms with E-state index in [1.165, 1.54) is 7.11 Å². The van der Waals surface area contributed by atoms with Gasteiger partial charge in [0.25, 0.3) is 0 Å². The van der Waals surface area contributed by atoms with E-state index in [-0.39, 0.29) is 12.1 Å². The Morgan fingerprint density at radius 3 is 2.56 bits per heavy atom. The SMILES string of the molecule is COC(=O)/C(Cc1ccc(C#N)cc1)=N/O. The van der Waals surface area contributed by atoms with Crippen LogP contribution in [0.3, 0.4) is 0 Å². The molecule has 1 N–H and O–H groups in total. The highest BCUT2D eigenvalue weighted by atomic mass is 16.5. The Morgan fingerprint density at radius 1 is 1.50 bits per heavy atom. The Kier molecular flexibility index (Phi) is 4.04. The number of oxime groups is 1. The minimum absolute atomic E-state index is 0.0767. The molecule has 0 saturated carbocycles. The van der Waals surface area contributed by atoms with Gasteiger partial charge in [-0.25, -0.2) is 4.79 Å². The standard InChI is InChI=1S/C11H10N2O3/c1-16-11(14)10(13-15)6-8-2-4-9(7-12)5-3-8/h2-5,15H,6H2,1H3/b13-10+. The van der Waals surface area contributed by atoms with Gasteiger partial charge in [-0.15, -0.1) is 0 Å². The fraction of sp³-hybridized carbons (Fsp3) is 0.182. The van der Waals surface area contributed by atoms with Gasteiger partial charge in [-0.1, -0.05) is 17.3 Å². The number of nitriles is 1. The van der Waals surface area contributed by atoms with Gasteiger partial charge >= 0.3 is 5.97 Å². The molecule has 0 saturated heterocycles. The van der Waals surface area contributed by atoms with Crippen molar-refractivity contribution < 1.29 is 14.7 Å². The number of carbonyl (C=O) groups is 1. The molecule has 0 spiro atoms. The van der Waals surface area contributed by atoms with Crippen molar-refractivity contribution in [1.82, 2.24) is 0 Å². The first kappa shape index (κ1) is 11.7. The number of esters is 1. The van der Waals surface area contributed by atoms with Crippen molar-refractivity contribution in [3.05, 3.63) is 35.4 Å². The molecule has 16 heavy (non-hydrogen) atoms. The molecule has 0 aromatic heterocycles. The molecule has 5 heteroatoms. The molecule has 0 amide bonds. The Labute approximate surface area is 92.6 Å². The number of carbonyl (C=O) groups excluding carboxylic acids is 1. The summed E-state index contributed by atoms with van der Waals surface area (Å²) >= 11 is 0. The zero-order valence-corrected chi connectivity index (χ0v) is 8.67. The summed E-state index contributed by atoms with van der Waals surface area (Å²) in [5.41, 5.74) is 1.22. The van der Waals surface area contributed by atoms with Gasteiger partial charge in [0.2, 0.25) is 0 Å². The summed E-state index contributed by atoms with van der Waals surface area (Å²) < 4.78 is 4.44. The summed E-state index contributed by atoms with van der Waals surface area (Å²) in [5, 5.41) is 20.1. The molecule has 82 valence electrons. The quantitative estimate of drug-likeness (QED) is 0.356. The molecule has 0 atom stereocenters. The van der Waals surface area contributed by atoms with Crippen LogP contribution in [0.5, 0.6) is 0 Å². The van der Waals surface area contributed by atoms with Crippen LogP contribution in [0.2, 0.25) is 0 Å². The van der Waals surface area contributed by atoms with Crippen molar-refractivity contribution in [1.29, 1.82) is 5.26 Å². The van der Waals surface area contributed by atoms with Crippen molar-refractivity contribution in [2.24, 2.45) is 5.16 Å². The molecule has 0 unspecified atom stereocenters. The molecule has 0 aliphatic carbocycles. The maximum atomic E-state index is 11.1. The van der Waals surface area contributed by atoms with Crippen molar-refractivity contribution in [2.45, 2.75) is 6.42 Å². The van der Waals surface area contributed by atoms with Gasteiger partial charge in [0.1, 0.15) is 0 Å². The highest BCUT2D eigenvalue weighted by Gasteiger charge is 2.12. The molecule has 0 aliphatic heterocycles. The van der Waals surface area contributed by atoms with Gasteiger partial charge in [-0.05, 0) is 17.7 Å². The third-order valence-corrected chi connectivity index (χ3v) is 2.00. The zero-order valence-electron chi connectivity index (χ0n) is 8.67. The first-order valence-electron chi connectivity index (χ1n) is 4.49. The number of benzene rings is 1. The van der Waals surface area contributed by atoms with Gasteiger partial charge < -0.3 is 9.94 Å². The topological polar surface area (TPSA) is 82.7 Å². The zero-order chi connectivity index (χ0) is 12.0. The van der Waals surface area contributed by atoms with Crippen LogP contribution < -0.4 is 0 Å². The average Bonchev–Trinajstić information content (AvgIpc) is 2.35. The third kappa shape index (κ3) is 2.82. The predicted molar refractivity (Wildman–Crippen MR) is 56.1 cm³/mol. The molecule has 0 heterocycles. The molecular formula is C11H10N2O3. The van der Waals surface area contributed by atoms with Gasteiger partial charge in [0, 0.05) is 6.42 Å². The Balaban J connectivity index is 2.80. The summed E-state index contributed by atoms with van der Waals surface area (Å²) in [4.78, 5) is 11.1. The lowest BCUT2D eigenvalue weighted by molar-refractivity contribution is -0.132. The normalized spacial score (nSPS) is 10.6. The fourth-order valence-electron chi connectivity index (χ4n) is 1.16. The maximum Gasteiger partial charge on any atom is 0.356 e.